The van der Waals surface area contributed by atoms with Crippen molar-refractivity contribution in [2.45, 2.75) is 38.3 Å². The Kier molecular flexibility index (Phi) is 3.13. The van der Waals surface area contributed by atoms with Gasteiger partial charge in [0.15, 0.2) is 0 Å². The lowest BCUT2D eigenvalue weighted by Crippen LogP contribution is -2.61. The van der Waals surface area contributed by atoms with Gasteiger partial charge in [0.2, 0.25) is 0 Å². The molecule has 4 heteroatoms. The van der Waals surface area contributed by atoms with Gasteiger partial charge in [-0.2, -0.15) is 5.26 Å². The maximum absolute atomic E-state index is 12.7. The van der Waals surface area contributed by atoms with Crippen LogP contribution in [0.4, 0.5) is 5.69 Å². The summed E-state index contributed by atoms with van der Waals surface area (Å²) in [5.41, 5.74) is 1.26. The molecule has 4 nitrogen and oxygen atoms in total. The molecule has 2 atom stereocenters. The molecule has 1 N–H and O–H groups in total. The molecule has 1 heterocycles. The molecule has 1 aromatic rings. The molecule has 1 saturated carbocycles. The third-order valence-electron chi connectivity index (χ3n) is 4.51. The Balaban J connectivity index is 2.03. The summed E-state index contributed by atoms with van der Waals surface area (Å²) in [5.74, 6) is 0.115. The van der Waals surface area contributed by atoms with Gasteiger partial charge in [0.25, 0.3) is 5.91 Å². The second-order valence-corrected chi connectivity index (χ2v) is 5.67. The van der Waals surface area contributed by atoms with Crippen LogP contribution >= 0.6 is 0 Å². The quantitative estimate of drug-likeness (QED) is 0.852. The fourth-order valence-corrected chi connectivity index (χ4v) is 3.60. The molecule has 1 amide bonds. The van der Waals surface area contributed by atoms with E-state index >= 15 is 0 Å². The number of fused-ring (bicyclic) bond motifs is 1. The van der Waals surface area contributed by atoms with Gasteiger partial charge >= 0.3 is 0 Å². The van der Waals surface area contributed by atoms with Crippen LogP contribution in [0.3, 0.4) is 0 Å². The summed E-state index contributed by atoms with van der Waals surface area (Å²) >= 11 is 0. The zero-order chi connectivity index (χ0) is 14.2. The van der Waals surface area contributed by atoms with Crippen molar-refractivity contribution in [3.63, 3.8) is 0 Å². The number of nitriles is 1. The Labute approximate surface area is 119 Å². The fraction of sp³-hybridized carbons (Fsp3) is 0.500. The summed E-state index contributed by atoms with van der Waals surface area (Å²) in [6.07, 6.45) is 3.56. The molecule has 20 heavy (non-hydrogen) atoms. The lowest BCUT2D eigenvalue weighted by molar-refractivity contribution is 0.0376. The molecule has 2 aliphatic rings. The highest BCUT2D eigenvalue weighted by atomic mass is 16.2. The maximum atomic E-state index is 12.7. The first-order chi connectivity index (χ1) is 9.70. The molecule has 0 aromatic heterocycles. The highest BCUT2D eigenvalue weighted by Crippen LogP contribution is 2.41. The standard InChI is InChI=1S/C16H19N3O/c1-2-19-15(20)13-7-3-4-8-14(13)18-16(19)9-5-6-12(10-16)11-17/h3-4,7-8,12,18H,2,5-6,9-10H2,1H3. The first kappa shape index (κ1) is 13.0. The van der Waals surface area contributed by atoms with E-state index in [-0.39, 0.29) is 17.5 Å². The number of carbonyl (C=O) groups excluding carboxylic acids is 1. The third kappa shape index (κ3) is 1.85. The van der Waals surface area contributed by atoms with Crippen LogP contribution in [0.15, 0.2) is 24.3 Å². The molecule has 1 aliphatic carbocycles. The topological polar surface area (TPSA) is 56.1 Å². The van der Waals surface area contributed by atoms with E-state index in [9.17, 15) is 10.1 Å². The Morgan fingerprint density at radius 3 is 3.05 bits per heavy atom. The molecular weight excluding hydrogens is 250 g/mol. The van der Waals surface area contributed by atoms with Crippen molar-refractivity contribution in [1.29, 1.82) is 5.26 Å². The van der Waals surface area contributed by atoms with E-state index in [2.05, 4.69) is 11.4 Å². The van der Waals surface area contributed by atoms with Crippen LogP contribution < -0.4 is 5.32 Å². The van der Waals surface area contributed by atoms with Gasteiger partial charge in [0, 0.05) is 18.7 Å². The second kappa shape index (κ2) is 4.82. The van der Waals surface area contributed by atoms with E-state index in [4.69, 9.17) is 0 Å². The second-order valence-electron chi connectivity index (χ2n) is 5.67. The zero-order valence-electron chi connectivity index (χ0n) is 11.7. The van der Waals surface area contributed by atoms with E-state index in [0.29, 0.717) is 6.54 Å². The summed E-state index contributed by atoms with van der Waals surface area (Å²) in [6, 6.07) is 10.0. The minimum Gasteiger partial charge on any atom is -0.362 e. The monoisotopic (exact) mass is 269 g/mol. The number of nitrogens with one attached hydrogen (secondary N) is 1. The highest BCUT2D eigenvalue weighted by molar-refractivity contribution is 6.02. The number of rotatable bonds is 1. The van der Waals surface area contributed by atoms with Gasteiger partial charge in [-0.05, 0) is 38.3 Å². The largest absolute Gasteiger partial charge is 0.362 e. The maximum Gasteiger partial charge on any atom is 0.257 e. The summed E-state index contributed by atoms with van der Waals surface area (Å²) < 4.78 is 0. The number of hydrogen-bond donors (Lipinski definition) is 1. The van der Waals surface area contributed by atoms with Gasteiger partial charge in [-0.25, -0.2) is 0 Å². The summed E-state index contributed by atoms with van der Waals surface area (Å²) in [4.78, 5) is 14.6. The predicted octanol–water partition coefficient (Wildman–Crippen LogP) is 2.98. The molecule has 1 fully saturated rings. The van der Waals surface area contributed by atoms with Gasteiger partial charge in [0.1, 0.15) is 5.66 Å². The van der Waals surface area contributed by atoms with Crippen LogP contribution in [0.2, 0.25) is 0 Å². The number of anilines is 1. The van der Waals surface area contributed by atoms with Crippen molar-refractivity contribution < 1.29 is 4.79 Å². The summed E-state index contributed by atoms with van der Waals surface area (Å²) in [7, 11) is 0. The van der Waals surface area contributed by atoms with Crippen molar-refractivity contribution in [3.8, 4) is 6.07 Å². The van der Waals surface area contributed by atoms with E-state index in [1.165, 1.54) is 0 Å². The van der Waals surface area contributed by atoms with Crippen molar-refractivity contribution >= 4 is 11.6 Å². The molecule has 1 spiro atoms. The van der Waals surface area contributed by atoms with Crippen LogP contribution in [0, 0.1) is 17.2 Å². The smallest absolute Gasteiger partial charge is 0.257 e. The van der Waals surface area contributed by atoms with E-state index in [1.807, 2.05) is 36.1 Å². The normalized spacial score (nSPS) is 28.7. The average Bonchev–Trinajstić information content (AvgIpc) is 2.48. The third-order valence-corrected chi connectivity index (χ3v) is 4.51. The molecule has 1 aliphatic heterocycles. The first-order valence-electron chi connectivity index (χ1n) is 7.29. The highest BCUT2D eigenvalue weighted by Gasteiger charge is 2.46. The van der Waals surface area contributed by atoms with Gasteiger partial charge in [0.05, 0.1) is 17.6 Å². The molecule has 0 bridgehead atoms. The molecule has 104 valence electrons. The lowest BCUT2D eigenvalue weighted by Gasteiger charge is -2.51. The molecule has 1 aromatic carbocycles. The molecule has 0 radical (unpaired) electrons. The van der Waals surface area contributed by atoms with Crippen molar-refractivity contribution in [3.05, 3.63) is 29.8 Å². The van der Waals surface area contributed by atoms with Crippen LogP contribution in [-0.4, -0.2) is 23.0 Å². The molecule has 3 rings (SSSR count). The predicted molar refractivity (Wildman–Crippen MR) is 77.1 cm³/mol. The van der Waals surface area contributed by atoms with E-state index in [0.717, 1.165) is 36.9 Å². The average molecular weight is 269 g/mol. The van der Waals surface area contributed by atoms with Crippen molar-refractivity contribution in [2.24, 2.45) is 5.92 Å². The Morgan fingerprint density at radius 1 is 1.50 bits per heavy atom. The number of para-hydroxylation sites is 1. The van der Waals surface area contributed by atoms with Crippen molar-refractivity contribution in [2.75, 3.05) is 11.9 Å². The van der Waals surface area contributed by atoms with Gasteiger partial charge in [-0.3, -0.25) is 4.79 Å². The van der Waals surface area contributed by atoms with Gasteiger partial charge in [-0.15, -0.1) is 0 Å². The molecular formula is C16H19N3O. The van der Waals surface area contributed by atoms with Gasteiger partial charge in [-0.1, -0.05) is 12.1 Å². The summed E-state index contributed by atoms with van der Waals surface area (Å²) in [6.45, 7) is 2.67. The SMILES string of the molecule is CCN1C(=O)c2ccccc2NC12CCCC(C#N)C2. The molecule has 2 unspecified atom stereocenters. The minimum atomic E-state index is -0.376. The minimum absolute atomic E-state index is 0.0309. The Hall–Kier alpha value is -2.02. The first-order valence-corrected chi connectivity index (χ1v) is 7.29. The number of nitrogens with zero attached hydrogens (tertiary/aromatic N) is 2. The van der Waals surface area contributed by atoms with Crippen LogP contribution in [0.5, 0.6) is 0 Å². The van der Waals surface area contributed by atoms with Crippen LogP contribution in [0.25, 0.3) is 0 Å². The van der Waals surface area contributed by atoms with Gasteiger partial charge < -0.3 is 10.2 Å². The number of amides is 1. The number of benzene rings is 1. The van der Waals surface area contributed by atoms with E-state index in [1.54, 1.807) is 0 Å². The number of hydrogen-bond acceptors (Lipinski definition) is 3. The van der Waals surface area contributed by atoms with Crippen molar-refractivity contribution in [1.82, 2.24) is 4.90 Å². The summed E-state index contributed by atoms with van der Waals surface area (Å²) in [5, 5.41) is 12.8. The lowest BCUT2D eigenvalue weighted by atomic mass is 9.79. The van der Waals surface area contributed by atoms with E-state index < -0.39 is 0 Å². The fourth-order valence-electron chi connectivity index (χ4n) is 3.60. The Bertz CT molecular complexity index is 577. The number of carbonyl (C=O) groups is 1. The van der Waals surface area contributed by atoms with Crippen LogP contribution in [0.1, 0.15) is 43.0 Å². The van der Waals surface area contributed by atoms with Crippen LogP contribution in [-0.2, 0) is 0 Å². The Morgan fingerprint density at radius 2 is 2.30 bits per heavy atom. The zero-order valence-corrected chi connectivity index (χ0v) is 11.7. The molecule has 0 saturated heterocycles.